The Morgan fingerprint density at radius 2 is 2.19 bits per heavy atom. The van der Waals surface area contributed by atoms with Gasteiger partial charge in [0.05, 0.1) is 23.2 Å². The summed E-state index contributed by atoms with van der Waals surface area (Å²) in [4.78, 5) is 30.6. The Morgan fingerprint density at radius 3 is 2.89 bits per heavy atom. The number of amides is 1. The highest BCUT2D eigenvalue weighted by Crippen LogP contribution is 2.26. The van der Waals surface area contributed by atoms with Crippen LogP contribution in [0.15, 0.2) is 12.3 Å². The molecule has 7 heteroatoms. The van der Waals surface area contributed by atoms with Crippen LogP contribution in [0.25, 0.3) is 11.0 Å². The lowest BCUT2D eigenvalue weighted by atomic mass is 9.93. The molecular formula is C20H28N4O3. The van der Waals surface area contributed by atoms with Gasteiger partial charge in [-0.15, -0.1) is 0 Å². The van der Waals surface area contributed by atoms with Gasteiger partial charge < -0.3 is 10.0 Å². The van der Waals surface area contributed by atoms with Crippen LogP contribution in [0.4, 0.5) is 0 Å². The molecule has 3 heterocycles. The van der Waals surface area contributed by atoms with Gasteiger partial charge in [-0.3, -0.25) is 9.59 Å². The third kappa shape index (κ3) is 4.12. The van der Waals surface area contributed by atoms with Gasteiger partial charge in [-0.2, -0.15) is 5.10 Å². The Bertz CT molecular complexity index is 845. The summed E-state index contributed by atoms with van der Waals surface area (Å²) in [5.41, 5.74) is 2.20. The lowest BCUT2D eigenvalue weighted by Gasteiger charge is -2.33. The highest BCUT2D eigenvalue weighted by molar-refractivity contribution is 6.05. The van der Waals surface area contributed by atoms with Gasteiger partial charge in [-0.1, -0.05) is 6.92 Å². The first-order valence-electron chi connectivity index (χ1n) is 9.76. The second-order valence-electron chi connectivity index (χ2n) is 7.59. The molecule has 0 aliphatic carbocycles. The molecule has 1 aliphatic heterocycles. The molecule has 2 unspecified atom stereocenters. The van der Waals surface area contributed by atoms with Crippen LogP contribution in [0.5, 0.6) is 0 Å². The van der Waals surface area contributed by atoms with Gasteiger partial charge in [0.15, 0.2) is 5.65 Å². The topological polar surface area (TPSA) is 88.3 Å². The summed E-state index contributed by atoms with van der Waals surface area (Å²) in [5, 5.41) is 14.2. The van der Waals surface area contributed by atoms with Crippen LogP contribution >= 0.6 is 0 Å². The number of carbonyl (C=O) groups is 2. The number of carboxylic acids is 1. The summed E-state index contributed by atoms with van der Waals surface area (Å²) >= 11 is 0. The first kappa shape index (κ1) is 19.3. The van der Waals surface area contributed by atoms with E-state index in [2.05, 4.69) is 23.9 Å². The van der Waals surface area contributed by atoms with E-state index in [1.807, 2.05) is 22.6 Å². The van der Waals surface area contributed by atoms with Gasteiger partial charge >= 0.3 is 5.97 Å². The molecule has 1 fully saturated rings. The lowest BCUT2D eigenvalue weighted by molar-refractivity contribution is -0.137. The zero-order chi connectivity index (χ0) is 19.6. The molecule has 27 heavy (non-hydrogen) atoms. The highest BCUT2D eigenvalue weighted by Gasteiger charge is 2.27. The van der Waals surface area contributed by atoms with Gasteiger partial charge in [-0.25, -0.2) is 9.67 Å². The fraction of sp³-hybridized carbons (Fsp3) is 0.600. The van der Waals surface area contributed by atoms with Crippen molar-refractivity contribution < 1.29 is 14.7 Å². The zero-order valence-corrected chi connectivity index (χ0v) is 16.3. The van der Waals surface area contributed by atoms with E-state index in [1.165, 1.54) is 0 Å². The summed E-state index contributed by atoms with van der Waals surface area (Å²) in [6.45, 7) is 7.43. The van der Waals surface area contributed by atoms with Gasteiger partial charge in [0, 0.05) is 25.2 Å². The largest absolute Gasteiger partial charge is 0.481 e. The minimum Gasteiger partial charge on any atom is -0.481 e. The Balaban J connectivity index is 1.87. The van der Waals surface area contributed by atoms with Crippen molar-refractivity contribution in [1.29, 1.82) is 0 Å². The maximum Gasteiger partial charge on any atom is 0.303 e. The predicted molar refractivity (Wildman–Crippen MR) is 103 cm³/mol. The number of aliphatic carboxylic acids is 1. The van der Waals surface area contributed by atoms with E-state index in [0.717, 1.165) is 36.0 Å². The zero-order valence-electron chi connectivity index (χ0n) is 16.3. The van der Waals surface area contributed by atoms with Crippen molar-refractivity contribution in [3.63, 3.8) is 0 Å². The molecule has 2 aromatic rings. The molecule has 1 amide bonds. The van der Waals surface area contributed by atoms with Crippen molar-refractivity contribution in [3.8, 4) is 0 Å². The summed E-state index contributed by atoms with van der Waals surface area (Å²) in [6, 6.07) is 2.06. The standard InChI is InChI=1S/C20H28N4O3/c1-4-14(3)24-19-17(11-21-24)16(10-13(2)22-19)20(27)23-9-5-6-15(12-23)7-8-18(25)26/h10-11,14-15H,4-9,12H2,1-3H3,(H,25,26). The van der Waals surface area contributed by atoms with Crippen LogP contribution < -0.4 is 0 Å². The third-order valence-electron chi connectivity index (χ3n) is 5.51. The first-order valence-corrected chi connectivity index (χ1v) is 9.76. The van der Waals surface area contributed by atoms with E-state index in [-0.39, 0.29) is 24.3 Å². The molecular weight excluding hydrogens is 344 g/mol. The van der Waals surface area contributed by atoms with E-state index in [4.69, 9.17) is 5.11 Å². The smallest absolute Gasteiger partial charge is 0.303 e. The number of aryl methyl sites for hydroxylation is 1. The molecule has 0 radical (unpaired) electrons. The first-order chi connectivity index (χ1) is 12.9. The third-order valence-corrected chi connectivity index (χ3v) is 5.51. The van der Waals surface area contributed by atoms with Crippen LogP contribution in [-0.2, 0) is 4.79 Å². The van der Waals surface area contributed by atoms with Crippen LogP contribution in [-0.4, -0.2) is 49.7 Å². The Labute approximate surface area is 159 Å². The van der Waals surface area contributed by atoms with E-state index < -0.39 is 5.97 Å². The summed E-state index contributed by atoms with van der Waals surface area (Å²) in [5.74, 6) is -0.531. The van der Waals surface area contributed by atoms with Gasteiger partial charge in [-0.05, 0) is 51.5 Å². The summed E-state index contributed by atoms with van der Waals surface area (Å²) in [7, 11) is 0. The summed E-state index contributed by atoms with van der Waals surface area (Å²) in [6.07, 6.45) is 5.35. The average Bonchev–Trinajstić information content (AvgIpc) is 3.08. The lowest BCUT2D eigenvalue weighted by Crippen LogP contribution is -2.40. The number of rotatable bonds is 6. The SMILES string of the molecule is CCC(C)n1ncc2c(C(=O)N3CCCC(CCC(=O)O)C3)cc(C)nc21. The average molecular weight is 372 g/mol. The second-order valence-corrected chi connectivity index (χ2v) is 7.59. The van der Waals surface area contributed by atoms with Crippen molar-refractivity contribution in [2.45, 2.75) is 58.9 Å². The van der Waals surface area contributed by atoms with Crippen molar-refractivity contribution in [1.82, 2.24) is 19.7 Å². The number of carboxylic acid groups (broad SMARTS) is 1. The minimum absolute atomic E-state index is 0.00535. The van der Waals surface area contributed by atoms with Crippen LogP contribution in [0.2, 0.25) is 0 Å². The number of fused-ring (bicyclic) bond motifs is 1. The predicted octanol–water partition coefficient (Wildman–Crippen LogP) is 3.43. The number of nitrogens with zero attached hydrogens (tertiary/aromatic N) is 4. The van der Waals surface area contributed by atoms with Crippen molar-refractivity contribution >= 4 is 22.9 Å². The minimum atomic E-state index is -0.776. The van der Waals surface area contributed by atoms with E-state index in [1.54, 1.807) is 6.20 Å². The van der Waals surface area contributed by atoms with Gasteiger partial charge in [0.25, 0.3) is 5.91 Å². The maximum absolute atomic E-state index is 13.2. The molecule has 0 saturated carbocycles. The summed E-state index contributed by atoms with van der Waals surface area (Å²) < 4.78 is 1.89. The molecule has 0 bridgehead atoms. The van der Waals surface area contributed by atoms with E-state index >= 15 is 0 Å². The molecule has 0 aromatic carbocycles. The Hall–Kier alpha value is -2.44. The fourth-order valence-electron chi connectivity index (χ4n) is 3.80. The fourth-order valence-corrected chi connectivity index (χ4v) is 3.80. The number of carbonyl (C=O) groups excluding carboxylic acids is 1. The highest BCUT2D eigenvalue weighted by atomic mass is 16.4. The number of piperidine rings is 1. The van der Waals surface area contributed by atoms with Crippen molar-refractivity contribution in [2.24, 2.45) is 5.92 Å². The monoisotopic (exact) mass is 372 g/mol. The Morgan fingerprint density at radius 1 is 1.41 bits per heavy atom. The molecule has 2 aromatic heterocycles. The van der Waals surface area contributed by atoms with Crippen LogP contribution in [0.1, 0.15) is 68.0 Å². The van der Waals surface area contributed by atoms with E-state index in [9.17, 15) is 9.59 Å². The number of likely N-dealkylation sites (tertiary alicyclic amines) is 1. The van der Waals surface area contributed by atoms with Gasteiger partial charge in [0.1, 0.15) is 0 Å². The van der Waals surface area contributed by atoms with E-state index in [0.29, 0.717) is 25.1 Å². The van der Waals surface area contributed by atoms with Crippen molar-refractivity contribution in [2.75, 3.05) is 13.1 Å². The molecule has 0 spiro atoms. The molecule has 2 atom stereocenters. The normalized spacial score (nSPS) is 18.6. The van der Waals surface area contributed by atoms with Crippen molar-refractivity contribution in [3.05, 3.63) is 23.5 Å². The molecule has 7 nitrogen and oxygen atoms in total. The molecule has 1 N–H and O–H groups in total. The Kier molecular flexibility index (Phi) is 5.77. The van der Waals surface area contributed by atoms with Crippen LogP contribution in [0, 0.1) is 12.8 Å². The molecule has 146 valence electrons. The number of hydrogen-bond donors (Lipinski definition) is 1. The molecule has 1 aliphatic rings. The number of hydrogen-bond acceptors (Lipinski definition) is 4. The number of pyridine rings is 1. The van der Waals surface area contributed by atoms with Crippen LogP contribution in [0.3, 0.4) is 0 Å². The maximum atomic E-state index is 13.2. The number of aromatic nitrogens is 3. The van der Waals surface area contributed by atoms with Gasteiger partial charge in [0.2, 0.25) is 0 Å². The quantitative estimate of drug-likeness (QED) is 0.839. The molecule has 3 rings (SSSR count). The second kappa shape index (κ2) is 8.06. The molecule has 1 saturated heterocycles.